The Morgan fingerprint density at radius 3 is 2.49 bits per heavy atom. The number of rotatable bonds is 12. The minimum absolute atomic E-state index is 0.198. The molecule has 2 heterocycles. The van der Waals surface area contributed by atoms with Crippen molar-refractivity contribution in [1.82, 2.24) is 30.4 Å². The molecule has 2 amide bonds. The number of benzene rings is 1. The van der Waals surface area contributed by atoms with Gasteiger partial charge in [0.15, 0.2) is 5.76 Å². The van der Waals surface area contributed by atoms with Gasteiger partial charge >= 0.3 is 0 Å². The minimum Gasteiger partial charge on any atom is -0.497 e. The van der Waals surface area contributed by atoms with Crippen LogP contribution in [0, 0.1) is 6.92 Å². The second kappa shape index (κ2) is 12.5. The van der Waals surface area contributed by atoms with Crippen molar-refractivity contribution in [3.63, 3.8) is 0 Å². The Bertz CT molecular complexity index is 1160. The van der Waals surface area contributed by atoms with Crippen LogP contribution in [0.1, 0.15) is 51.5 Å². The zero-order valence-corrected chi connectivity index (χ0v) is 22.4. The van der Waals surface area contributed by atoms with Gasteiger partial charge in [-0.15, -0.1) is 10.2 Å². The molecule has 3 rings (SSSR count). The van der Waals surface area contributed by atoms with E-state index in [4.69, 9.17) is 13.9 Å². The normalized spacial score (nSPS) is 12.3. The van der Waals surface area contributed by atoms with Crippen LogP contribution in [0.3, 0.4) is 0 Å². The van der Waals surface area contributed by atoms with Crippen LogP contribution >= 0.6 is 0 Å². The highest BCUT2D eigenvalue weighted by molar-refractivity contribution is 5.89. The maximum absolute atomic E-state index is 13.7. The summed E-state index contributed by atoms with van der Waals surface area (Å²) >= 11 is 0. The average Bonchev–Trinajstić information content (AvgIpc) is 3.49. The molecule has 3 aromatic rings. The summed E-state index contributed by atoms with van der Waals surface area (Å²) in [7, 11) is 1.58. The van der Waals surface area contributed by atoms with E-state index in [1.165, 1.54) is 4.80 Å². The first-order valence-electron chi connectivity index (χ1n) is 12.3. The molecule has 0 fully saturated rings. The van der Waals surface area contributed by atoms with Gasteiger partial charge in [-0.25, -0.2) is 0 Å². The Kier molecular flexibility index (Phi) is 9.40. The first-order valence-corrected chi connectivity index (χ1v) is 12.3. The van der Waals surface area contributed by atoms with E-state index in [-0.39, 0.29) is 24.2 Å². The third kappa shape index (κ3) is 7.88. The molecular formula is C26H36N6O5. The lowest BCUT2D eigenvalue weighted by Gasteiger charge is -2.33. The molecule has 0 spiro atoms. The lowest BCUT2D eigenvalue weighted by molar-refractivity contribution is -0.142. The highest BCUT2D eigenvalue weighted by Gasteiger charge is 2.33. The van der Waals surface area contributed by atoms with Crippen LogP contribution in [0.5, 0.6) is 5.75 Å². The fraction of sp³-hybridized carbons (Fsp3) is 0.500. The number of aromatic nitrogens is 4. The lowest BCUT2D eigenvalue weighted by atomic mass is 10.0. The van der Waals surface area contributed by atoms with Gasteiger partial charge in [0.05, 0.1) is 7.11 Å². The van der Waals surface area contributed by atoms with Crippen LogP contribution < -0.4 is 10.1 Å². The summed E-state index contributed by atoms with van der Waals surface area (Å²) in [5.41, 5.74) is 0.163. The molecule has 0 aliphatic carbocycles. The third-order valence-corrected chi connectivity index (χ3v) is 5.39. The van der Waals surface area contributed by atoms with E-state index in [1.54, 1.807) is 48.4 Å². The van der Waals surface area contributed by atoms with Gasteiger partial charge in [0, 0.05) is 25.3 Å². The van der Waals surface area contributed by atoms with Crippen LogP contribution in [0.15, 0.2) is 40.8 Å². The maximum Gasteiger partial charge on any atom is 0.247 e. The molecule has 200 valence electrons. The Morgan fingerprint density at radius 2 is 1.89 bits per heavy atom. The third-order valence-electron chi connectivity index (χ3n) is 5.39. The van der Waals surface area contributed by atoms with E-state index < -0.39 is 11.6 Å². The molecule has 0 aliphatic heterocycles. The SMILES string of the molecule is CCOCCCN(C(=O)Cn1nnc(-c2ccc(C)o2)n1)[C@@H](C(=O)NC(C)(C)C)c1ccc(OC)cc1. The van der Waals surface area contributed by atoms with Crippen LogP contribution in [-0.2, 0) is 20.9 Å². The van der Waals surface area contributed by atoms with Crippen LogP contribution in [0.4, 0.5) is 0 Å². The second-order valence-electron chi connectivity index (χ2n) is 9.61. The molecule has 1 N–H and O–H groups in total. The van der Waals surface area contributed by atoms with Crippen molar-refractivity contribution in [2.45, 2.75) is 59.2 Å². The van der Waals surface area contributed by atoms with Crippen molar-refractivity contribution in [3.05, 3.63) is 47.7 Å². The largest absolute Gasteiger partial charge is 0.497 e. The molecule has 2 aromatic heterocycles. The number of nitrogens with zero attached hydrogens (tertiary/aromatic N) is 5. The Labute approximate surface area is 217 Å². The minimum atomic E-state index is -0.880. The predicted octanol–water partition coefficient (Wildman–Crippen LogP) is 3.16. The molecule has 11 nitrogen and oxygen atoms in total. The quantitative estimate of drug-likeness (QED) is 0.367. The van der Waals surface area contributed by atoms with Crippen molar-refractivity contribution in [2.24, 2.45) is 0 Å². The fourth-order valence-corrected chi connectivity index (χ4v) is 3.75. The number of aryl methyl sites for hydroxylation is 1. The molecule has 0 saturated carbocycles. The van der Waals surface area contributed by atoms with Crippen LogP contribution in [0.25, 0.3) is 11.6 Å². The topological polar surface area (TPSA) is 125 Å². The number of ether oxygens (including phenoxy) is 2. The lowest BCUT2D eigenvalue weighted by Crippen LogP contribution is -2.50. The average molecular weight is 513 g/mol. The second-order valence-corrected chi connectivity index (χ2v) is 9.61. The van der Waals surface area contributed by atoms with E-state index in [1.807, 2.05) is 34.6 Å². The summed E-state index contributed by atoms with van der Waals surface area (Å²) in [5, 5.41) is 15.3. The van der Waals surface area contributed by atoms with E-state index in [0.717, 1.165) is 5.76 Å². The first-order chi connectivity index (χ1) is 17.6. The molecule has 0 bridgehead atoms. The van der Waals surface area contributed by atoms with Gasteiger partial charge in [0.25, 0.3) is 0 Å². The summed E-state index contributed by atoms with van der Waals surface area (Å²) in [5.74, 6) is 1.49. The number of hydrogen-bond donors (Lipinski definition) is 1. The van der Waals surface area contributed by atoms with Crippen molar-refractivity contribution in [1.29, 1.82) is 0 Å². The van der Waals surface area contributed by atoms with Gasteiger partial charge in [0.2, 0.25) is 17.6 Å². The van der Waals surface area contributed by atoms with Gasteiger partial charge in [-0.1, -0.05) is 12.1 Å². The summed E-state index contributed by atoms with van der Waals surface area (Å²) < 4.78 is 16.3. The first kappa shape index (κ1) is 27.9. The highest BCUT2D eigenvalue weighted by atomic mass is 16.5. The number of furan rings is 1. The highest BCUT2D eigenvalue weighted by Crippen LogP contribution is 2.26. The summed E-state index contributed by atoms with van der Waals surface area (Å²) in [6, 6.07) is 9.79. The molecule has 0 radical (unpaired) electrons. The van der Waals surface area contributed by atoms with Crippen LogP contribution in [-0.4, -0.2) is 69.3 Å². The number of methoxy groups -OCH3 is 1. The smallest absolute Gasteiger partial charge is 0.247 e. The number of hydrogen-bond acceptors (Lipinski definition) is 8. The summed E-state index contributed by atoms with van der Waals surface area (Å²) in [4.78, 5) is 30.0. The molecular weight excluding hydrogens is 476 g/mol. The summed E-state index contributed by atoms with van der Waals surface area (Å²) in [6.45, 7) is 10.5. The van der Waals surface area contributed by atoms with E-state index in [0.29, 0.717) is 43.3 Å². The summed E-state index contributed by atoms with van der Waals surface area (Å²) in [6.07, 6.45) is 0.552. The van der Waals surface area contributed by atoms with E-state index >= 15 is 0 Å². The van der Waals surface area contributed by atoms with Gasteiger partial charge in [-0.2, -0.15) is 4.80 Å². The molecule has 37 heavy (non-hydrogen) atoms. The van der Waals surface area contributed by atoms with Crippen molar-refractivity contribution in [3.8, 4) is 17.3 Å². The monoisotopic (exact) mass is 512 g/mol. The van der Waals surface area contributed by atoms with Gasteiger partial charge in [0.1, 0.15) is 24.1 Å². The van der Waals surface area contributed by atoms with Gasteiger partial charge < -0.3 is 24.1 Å². The molecule has 0 aliphatic rings. The Hall–Kier alpha value is -3.73. The molecule has 11 heteroatoms. The zero-order chi connectivity index (χ0) is 27.0. The molecule has 1 aromatic carbocycles. The van der Waals surface area contributed by atoms with Crippen molar-refractivity contribution < 1.29 is 23.5 Å². The van der Waals surface area contributed by atoms with Crippen LogP contribution in [0.2, 0.25) is 0 Å². The molecule has 0 saturated heterocycles. The molecule has 0 unspecified atom stereocenters. The van der Waals surface area contributed by atoms with Gasteiger partial charge in [-0.3, -0.25) is 9.59 Å². The number of amides is 2. The standard InChI is InChI=1S/C26H36N6O5/c1-7-36-16-8-15-31(22(33)17-32-29-24(28-30-32)21-14-9-18(2)37-21)23(25(34)27-26(3,4)5)19-10-12-20(35-6)13-11-19/h9-14,23H,7-8,15-17H2,1-6H3,(H,27,34)/t23-/m1/s1. The zero-order valence-electron chi connectivity index (χ0n) is 22.4. The van der Waals surface area contributed by atoms with Gasteiger partial charge in [-0.05, 0) is 76.1 Å². The fourth-order valence-electron chi connectivity index (χ4n) is 3.75. The van der Waals surface area contributed by atoms with E-state index in [9.17, 15) is 9.59 Å². The van der Waals surface area contributed by atoms with E-state index in [2.05, 4.69) is 20.7 Å². The maximum atomic E-state index is 13.7. The number of carbonyl (C=O) groups is 2. The van der Waals surface area contributed by atoms with Crippen molar-refractivity contribution >= 4 is 11.8 Å². The van der Waals surface area contributed by atoms with Crippen molar-refractivity contribution in [2.75, 3.05) is 26.9 Å². The molecule has 1 atom stereocenters. The Morgan fingerprint density at radius 1 is 1.16 bits per heavy atom. The number of carbonyl (C=O) groups excluding carboxylic acids is 2. The number of tetrazole rings is 1. The Balaban J connectivity index is 1.91. The number of nitrogens with one attached hydrogen (secondary N) is 1. The predicted molar refractivity (Wildman–Crippen MR) is 137 cm³/mol.